The first-order valence-electron chi connectivity index (χ1n) is 6.98. The first-order chi connectivity index (χ1) is 10.2. The summed E-state index contributed by atoms with van der Waals surface area (Å²) in [6, 6.07) is 14.2. The van der Waals surface area contributed by atoms with Crippen LogP contribution in [-0.2, 0) is 13.2 Å². The SMILES string of the molecule is CCNCc1cc(Br)c(OCc2ccccc2)c(OC)c1. The van der Waals surface area contributed by atoms with E-state index in [0.29, 0.717) is 6.61 Å². The third-order valence-corrected chi connectivity index (χ3v) is 3.68. The van der Waals surface area contributed by atoms with Gasteiger partial charge in [-0.3, -0.25) is 0 Å². The predicted molar refractivity (Wildman–Crippen MR) is 88.8 cm³/mol. The van der Waals surface area contributed by atoms with Crippen molar-refractivity contribution in [3.05, 3.63) is 58.1 Å². The van der Waals surface area contributed by atoms with E-state index in [4.69, 9.17) is 9.47 Å². The lowest BCUT2D eigenvalue weighted by Gasteiger charge is -2.14. The van der Waals surface area contributed by atoms with Crippen LogP contribution in [0.5, 0.6) is 11.5 Å². The standard InChI is InChI=1S/C17H20BrNO2/c1-3-19-11-14-9-15(18)17(16(10-14)20-2)21-12-13-7-5-4-6-8-13/h4-10,19H,3,11-12H2,1-2H3. The zero-order valence-electron chi connectivity index (χ0n) is 12.4. The molecule has 21 heavy (non-hydrogen) atoms. The molecule has 3 nitrogen and oxygen atoms in total. The number of halogens is 1. The third kappa shape index (κ3) is 4.48. The van der Waals surface area contributed by atoms with E-state index in [1.165, 1.54) is 0 Å². The first kappa shape index (κ1) is 15.9. The van der Waals surface area contributed by atoms with Crippen molar-refractivity contribution in [2.24, 2.45) is 0 Å². The molecule has 0 amide bonds. The molecule has 112 valence electrons. The zero-order valence-corrected chi connectivity index (χ0v) is 13.9. The van der Waals surface area contributed by atoms with E-state index in [1.54, 1.807) is 7.11 Å². The summed E-state index contributed by atoms with van der Waals surface area (Å²) >= 11 is 3.57. The number of nitrogens with one attached hydrogen (secondary N) is 1. The van der Waals surface area contributed by atoms with E-state index in [9.17, 15) is 0 Å². The molecule has 2 aromatic carbocycles. The van der Waals surface area contributed by atoms with Gasteiger partial charge in [0.1, 0.15) is 6.61 Å². The van der Waals surface area contributed by atoms with Crippen molar-refractivity contribution >= 4 is 15.9 Å². The highest BCUT2D eigenvalue weighted by molar-refractivity contribution is 9.10. The van der Waals surface area contributed by atoms with Crippen molar-refractivity contribution in [2.75, 3.05) is 13.7 Å². The van der Waals surface area contributed by atoms with Gasteiger partial charge < -0.3 is 14.8 Å². The summed E-state index contributed by atoms with van der Waals surface area (Å²) in [6.07, 6.45) is 0. The van der Waals surface area contributed by atoms with Crippen LogP contribution >= 0.6 is 15.9 Å². The highest BCUT2D eigenvalue weighted by atomic mass is 79.9. The summed E-state index contributed by atoms with van der Waals surface area (Å²) < 4.78 is 12.3. The molecule has 0 unspecified atom stereocenters. The molecular weight excluding hydrogens is 330 g/mol. The number of methoxy groups -OCH3 is 1. The van der Waals surface area contributed by atoms with Crippen LogP contribution in [0.1, 0.15) is 18.1 Å². The number of hydrogen-bond acceptors (Lipinski definition) is 3. The molecule has 0 saturated heterocycles. The fourth-order valence-corrected chi connectivity index (χ4v) is 2.62. The third-order valence-electron chi connectivity index (χ3n) is 3.09. The normalized spacial score (nSPS) is 10.4. The lowest BCUT2D eigenvalue weighted by atomic mass is 10.2. The molecule has 1 N–H and O–H groups in total. The number of benzene rings is 2. The average Bonchev–Trinajstić information content (AvgIpc) is 2.52. The summed E-state index contributed by atoms with van der Waals surface area (Å²) in [5.41, 5.74) is 2.29. The summed E-state index contributed by atoms with van der Waals surface area (Å²) in [4.78, 5) is 0. The number of rotatable bonds is 7. The van der Waals surface area contributed by atoms with Crippen LogP contribution < -0.4 is 14.8 Å². The Morgan fingerprint density at radius 3 is 2.52 bits per heavy atom. The molecule has 0 aliphatic carbocycles. The van der Waals surface area contributed by atoms with Gasteiger partial charge in [-0.2, -0.15) is 0 Å². The summed E-state index contributed by atoms with van der Waals surface area (Å²) in [5, 5.41) is 3.30. The highest BCUT2D eigenvalue weighted by Gasteiger charge is 2.11. The maximum absolute atomic E-state index is 5.91. The molecule has 2 aromatic rings. The van der Waals surface area contributed by atoms with Gasteiger partial charge in [-0.05, 0) is 45.7 Å². The fourth-order valence-electron chi connectivity index (χ4n) is 2.01. The zero-order chi connectivity index (χ0) is 15.1. The molecule has 2 rings (SSSR count). The smallest absolute Gasteiger partial charge is 0.175 e. The maximum Gasteiger partial charge on any atom is 0.175 e. The van der Waals surface area contributed by atoms with Crippen molar-refractivity contribution < 1.29 is 9.47 Å². The van der Waals surface area contributed by atoms with Crippen molar-refractivity contribution in [3.63, 3.8) is 0 Å². The molecular formula is C17H20BrNO2. The topological polar surface area (TPSA) is 30.5 Å². The second kappa shape index (κ2) is 8.05. The Bertz CT molecular complexity index is 573. The van der Waals surface area contributed by atoms with Gasteiger partial charge in [0, 0.05) is 6.54 Å². The van der Waals surface area contributed by atoms with E-state index in [2.05, 4.69) is 34.2 Å². The Morgan fingerprint density at radius 2 is 1.86 bits per heavy atom. The van der Waals surface area contributed by atoms with Crippen LogP contribution in [0.4, 0.5) is 0 Å². The molecule has 0 fully saturated rings. The molecule has 0 radical (unpaired) electrons. The van der Waals surface area contributed by atoms with Gasteiger partial charge >= 0.3 is 0 Å². The van der Waals surface area contributed by atoms with E-state index in [1.807, 2.05) is 36.4 Å². The molecule has 0 aliphatic rings. The summed E-state index contributed by atoms with van der Waals surface area (Å²) in [6.45, 7) is 4.35. The minimum absolute atomic E-state index is 0.516. The molecule has 0 bridgehead atoms. The first-order valence-corrected chi connectivity index (χ1v) is 7.77. The highest BCUT2D eigenvalue weighted by Crippen LogP contribution is 2.37. The summed E-state index contributed by atoms with van der Waals surface area (Å²) in [7, 11) is 1.66. The molecule has 0 spiro atoms. The van der Waals surface area contributed by atoms with Crippen LogP contribution in [0.3, 0.4) is 0 Å². The van der Waals surface area contributed by atoms with E-state index in [0.717, 1.165) is 40.2 Å². The Kier molecular flexibility index (Phi) is 6.08. The van der Waals surface area contributed by atoms with Crippen molar-refractivity contribution in [2.45, 2.75) is 20.1 Å². The van der Waals surface area contributed by atoms with Crippen LogP contribution in [0.2, 0.25) is 0 Å². The van der Waals surface area contributed by atoms with Crippen molar-refractivity contribution in [3.8, 4) is 11.5 Å². The minimum atomic E-state index is 0.516. The van der Waals surface area contributed by atoms with Crippen LogP contribution in [-0.4, -0.2) is 13.7 Å². The van der Waals surface area contributed by atoms with Crippen LogP contribution in [0.15, 0.2) is 46.9 Å². The Morgan fingerprint density at radius 1 is 1.10 bits per heavy atom. The van der Waals surface area contributed by atoms with Crippen LogP contribution in [0, 0.1) is 0 Å². The Hall–Kier alpha value is -1.52. The molecule has 0 saturated carbocycles. The van der Waals surface area contributed by atoms with Crippen molar-refractivity contribution in [1.29, 1.82) is 0 Å². The average molecular weight is 350 g/mol. The van der Waals surface area contributed by atoms with Gasteiger partial charge in [0.05, 0.1) is 11.6 Å². The monoisotopic (exact) mass is 349 g/mol. The van der Waals surface area contributed by atoms with Gasteiger partial charge in [-0.25, -0.2) is 0 Å². The second-order valence-corrected chi connectivity index (χ2v) is 5.52. The molecule has 4 heteroatoms. The molecule has 0 heterocycles. The van der Waals surface area contributed by atoms with Gasteiger partial charge in [0.25, 0.3) is 0 Å². The van der Waals surface area contributed by atoms with E-state index >= 15 is 0 Å². The molecule has 0 aliphatic heterocycles. The van der Waals surface area contributed by atoms with E-state index in [-0.39, 0.29) is 0 Å². The van der Waals surface area contributed by atoms with E-state index < -0.39 is 0 Å². The lowest BCUT2D eigenvalue weighted by Crippen LogP contribution is -2.12. The molecule has 0 aromatic heterocycles. The van der Waals surface area contributed by atoms with Gasteiger partial charge in [0.2, 0.25) is 0 Å². The maximum atomic E-state index is 5.91. The van der Waals surface area contributed by atoms with Gasteiger partial charge in [0.15, 0.2) is 11.5 Å². The molecule has 0 atom stereocenters. The quantitative estimate of drug-likeness (QED) is 0.814. The predicted octanol–water partition coefficient (Wildman–Crippen LogP) is 4.15. The fraction of sp³-hybridized carbons (Fsp3) is 0.294. The Balaban J connectivity index is 2.14. The number of hydrogen-bond donors (Lipinski definition) is 1. The van der Waals surface area contributed by atoms with Gasteiger partial charge in [-0.1, -0.05) is 37.3 Å². The largest absolute Gasteiger partial charge is 0.493 e. The van der Waals surface area contributed by atoms with Gasteiger partial charge in [-0.15, -0.1) is 0 Å². The van der Waals surface area contributed by atoms with Crippen molar-refractivity contribution in [1.82, 2.24) is 5.32 Å². The minimum Gasteiger partial charge on any atom is -0.493 e. The summed E-state index contributed by atoms with van der Waals surface area (Å²) in [5.74, 6) is 1.48. The lowest BCUT2D eigenvalue weighted by molar-refractivity contribution is 0.282. The Labute approximate surface area is 134 Å². The number of ether oxygens (including phenoxy) is 2. The van der Waals surface area contributed by atoms with Crippen LogP contribution in [0.25, 0.3) is 0 Å². The second-order valence-electron chi connectivity index (χ2n) is 4.66.